The molecule has 0 radical (unpaired) electrons. The fourth-order valence-electron chi connectivity index (χ4n) is 4.18. The van der Waals surface area contributed by atoms with Gasteiger partial charge < -0.3 is 14.4 Å². The fraction of sp³-hybridized carbons (Fsp3) is 0.292. The molecule has 1 fully saturated rings. The summed E-state index contributed by atoms with van der Waals surface area (Å²) in [4.78, 5) is 34.9. The molecule has 5 rings (SSSR count). The molecule has 168 valence electrons. The maximum Gasteiger partial charge on any atom is 0.263 e. The number of halogens is 1. The van der Waals surface area contributed by atoms with E-state index in [1.54, 1.807) is 47.2 Å². The first-order chi connectivity index (χ1) is 16.0. The molecule has 0 unspecified atom stereocenters. The Hall–Kier alpha value is -3.52. The summed E-state index contributed by atoms with van der Waals surface area (Å²) in [7, 11) is 0. The Morgan fingerprint density at radius 1 is 1.15 bits per heavy atom. The van der Waals surface area contributed by atoms with E-state index in [-0.39, 0.29) is 35.4 Å². The largest absolute Gasteiger partial charge is 0.352 e. The van der Waals surface area contributed by atoms with E-state index in [0.717, 1.165) is 31.4 Å². The number of hydrogen-bond acceptors (Lipinski definition) is 6. The molecule has 1 aliphatic carbocycles. The molecule has 1 N–H and O–H groups in total. The molecule has 1 amide bonds. The number of aromatic nitrogens is 4. The summed E-state index contributed by atoms with van der Waals surface area (Å²) in [5.74, 6) is 0.305. The van der Waals surface area contributed by atoms with Crippen molar-refractivity contribution in [1.82, 2.24) is 25.0 Å². The molecule has 9 heteroatoms. The Bertz CT molecular complexity index is 1390. The summed E-state index contributed by atoms with van der Waals surface area (Å²) in [6, 6.07) is 10.7. The van der Waals surface area contributed by atoms with Gasteiger partial charge in [0.1, 0.15) is 17.8 Å². The van der Waals surface area contributed by atoms with E-state index < -0.39 is 0 Å². The van der Waals surface area contributed by atoms with Gasteiger partial charge in [-0.3, -0.25) is 9.59 Å². The average Bonchev–Trinajstić information content (AvgIpc) is 3.48. The van der Waals surface area contributed by atoms with Crippen molar-refractivity contribution in [3.63, 3.8) is 0 Å². The van der Waals surface area contributed by atoms with Crippen molar-refractivity contribution in [2.24, 2.45) is 0 Å². The quantitative estimate of drug-likeness (QED) is 0.477. The molecule has 1 aliphatic rings. The highest BCUT2D eigenvalue weighted by Crippen LogP contribution is 2.24. The summed E-state index contributed by atoms with van der Waals surface area (Å²) in [5, 5.41) is 8.08. The molecule has 3 heterocycles. The monoisotopic (exact) mass is 463 g/mol. The van der Waals surface area contributed by atoms with Crippen molar-refractivity contribution in [3.8, 4) is 22.8 Å². The third kappa shape index (κ3) is 4.39. The van der Waals surface area contributed by atoms with Gasteiger partial charge in [0.05, 0.1) is 5.39 Å². The molecule has 0 spiro atoms. The van der Waals surface area contributed by atoms with Crippen molar-refractivity contribution in [2.75, 3.05) is 0 Å². The zero-order valence-corrected chi connectivity index (χ0v) is 18.8. The van der Waals surface area contributed by atoms with E-state index >= 15 is 0 Å². The maximum absolute atomic E-state index is 13.2. The van der Waals surface area contributed by atoms with Crippen LogP contribution in [0.5, 0.6) is 0 Å². The summed E-state index contributed by atoms with van der Waals surface area (Å²) in [5.41, 5.74) is 1.85. The molecule has 0 aliphatic heterocycles. The predicted octanol–water partition coefficient (Wildman–Crippen LogP) is 4.13. The Morgan fingerprint density at radius 2 is 1.91 bits per heavy atom. The van der Waals surface area contributed by atoms with E-state index in [0.29, 0.717) is 27.4 Å². The van der Waals surface area contributed by atoms with Crippen LogP contribution in [0.25, 0.3) is 33.9 Å². The van der Waals surface area contributed by atoms with Crippen LogP contribution in [0.3, 0.4) is 0 Å². The van der Waals surface area contributed by atoms with Crippen molar-refractivity contribution in [1.29, 1.82) is 0 Å². The Morgan fingerprint density at radius 3 is 2.67 bits per heavy atom. The van der Waals surface area contributed by atoms with Gasteiger partial charge in [0.15, 0.2) is 0 Å². The molecule has 0 atom stereocenters. The fourth-order valence-corrected chi connectivity index (χ4v) is 4.31. The lowest BCUT2D eigenvalue weighted by molar-refractivity contribution is -0.122. The normalized spacial score (nSPS) is 14.1. The van der Waals surface area contributed by atoms with Gasteiger partial charge in [0.25, 0.3) is 5.89 Å². The molecule has 1 aromatic carbocycles. The van der Waals surface area contributed by atoms with Gasteiger partial charge in [0.2, 0.25) is 17.2 Å². The first-order valence-corrected chi connectivity index (χ1v) is 11.3. The average molecular weight is 464 g/mol. The second-order valence-corrected chi connectivity index (χ2v) is 8.74. The zero-order chi connectivity index (χ0) is 22.9. The number of carbonyl (C=O) groups is 1. The number of benzene rings is 1. The van der Waals surface area contributed by atoms with Gasteiger partial charge in [-0.15, -0.1) is 0 Å². The molecule has 3 aromatic heterocycles. The van der Waals surface area contributed by atoms with E-state index in [2.05, 4.69) is 20.4 Å². The van der Waals surface area contributed by atoms with Crippen LogP contribution < -0.4 is 10.7 Å². The summed E-state index contributed by atoms with van der Waals surface area (Å²) < 4.78 is 7.10. The highest BCUT2D eigenvalue weighted by molar-refractivity contribution is 6.30. The van der Waals surface area contributed by atoms with Crippen LogP contribution in [0.15, 0.2) is 51.9 Å². The van der Waals surface area contributed by atoms with E-state index in [9.17, 15) is 9.59 Å². The van der Waals surface area contributed by atoms with Crippen LogP contribution in [0.2, 0.25) is 5.02 Å². The number of aryl methyl sites for hydroxylation is 1. The predicted molar refractivity (Wildman–Crippen MR) is 125 cm³/mol. The van der Waals surface area contributed by atoms with Gasteiger partial charge in [-0.05, 0) is 56.2 Å². The van der Waals surface area contributed by atoms with Crippen molar-refractivity contribution >= 4 is 28.5 Å². The molecule has 33 heavy (non-hydrogen) atoms. The lowest BCUT2D eigenvalue weighted by atomic mass is 10.1. The lowest BCUT2D eigenvalue weighted by Gasteiger charge is -2.15. The number of carbonyl (C=O) groups excluding carboxylic acids is 1. The number of hydrogen-bond donors (Lipinski definition) is 1. The SMILES string of the molecule is Cc1ccc2c(=O)c(-c3nc(-c4ccc(Cl)cc4)no3)cn(CC(=O)NC3CCCC3)c2n1. The zero-order valence-electron chi connectivity index (χ0n) is 18.0. The highest BCUT2D eigenvalue weighted by Gasteiger charge is 2.21. The summed E-state index contributed by atoms with van der Waals surface area (Å²) in [6.07, 6.45) is 5.82. The molecule has 8 nitrogen and oxygen atoms in total. The topological polar surface area (TPSA) is 103 Å². The second-order valence-electron chi connectivity index (χ2n) is 8.30. The van der Waals surface area contributed by atoms with Gasteiger partial charge in [-0.1, -0.05) is 29.6 Å². The number of fused-ring (bicyclic) bond motifs is 1. The van der Waals surface area contributed by atoms with E-state index in [1.807, 2.05) is 6.92 Å². The van der Waals surface area contributed by atoms with Crippen molar-refractivity contribution in [2.45, 2.75) is 45.2 Å². The Balaban J connectivity index is 1.54. The van der Waals surface area contributed by atoms with Gasteiger partial charge in [0, 0.05) is 28.5 Å². The first kappa shape index (κ1) is 21.3. The molecule has 4 aromatic rings. The van der Waals surface area contributed by atoms with Crippen LogP contribution in [0, 0.1) is 6.92 Å². The van der Waals surface area contributed by atoms with Crippen LogP contribution in [-0.4, -0.2) is 31.6 Å². The minimum atomic E-state index is -0.281. The first-order valence-electron chi connectivity index (χ1n) is 10.9. The van der Waals surface area contributed by atoms with Crippen LogP contribution >= 0.6 is 11.6 Å². The lowest BCUT2D eigenvalue weighted by Crippen LogP contribution is -2.35. The molecule has 0 bridgehead atoms. The van der Waals surface area contributed by atoms with Gasteiger partial charge in [-0.25, -0.2) is 4.98 Å². The second kappa shape index (κ2) is 8.78. The molecule has 1 saturated carbocycles. The number of nitrogens with zero attached hydrogens (tertiary/aromatic N) is 4. The number of nitrogens with one attached hydrogen (secondary N) is 1. The minimum Gasteiger partial charge on any atom is -0.352 e. The maximum atomic E-state index is 13.2. The molecular formula is C24H22ClN5O3. The van der Waals surface area contributed by atoms with E-state index in [1.165, 1.54) is 0 Å². The van der Waals surface area contributed by atoms with E-state index in [4.69, 9.17) is 16.1 Å². The number of rotatable bonds is 5. The number of amides is 1. The Labute approximate surface area is 194 Å². The third-order valence-corrected chi connectivity index (χ3v) is 6.11. The standard InChI is InChI=1S/C24H22ClN5O3/c1-14-6-11-18-21(32)19(24-28-22(29-33-24)15-7-9-16(25)10-8-15)12-30(23(18)26-14)13-20(31)27-17-4-2-3-5-17/h6-12,17H,2-5,13H2,1H3,(H,27,31). The highest BCUT2D eigenvalue weighted by atomic mass is 35.5. The van der Waals surface area contributed by atoms with Gasteiger partial charge >= 0.3 is 0 Å². The van der Waals surface area contributed by atoms with Gasteiger partial charge in [-0.2, -0.15) is 4.98 Å². The van der Waals surface area contributed by atoms with Crippen LogP contribution in [-0.2, 0) is 11.3 Å². The smallest absolute Gasteiger partial charge is 0.263 e. The summed E-state index contributed by atoms with van der Waals surface area (Å²) in [6.45, 7) is 1.88. The van der Waals surface area contributed by atoms with Crippen LogP contribution in [0.4, 0.5) is 0 Å². The number of pyridine rings is 2. The molecule has 0 saturated heterocycles. The van der Waals surface area contributed by atoms with Crippen molar-refractivity contribution < 1.29 is 9.32 Å². The Kier molecular flexibility index (Phi) is 5.68. The minimum absolute atomic E-state index is 0.0366. The molecular weight excluding hydrogens is 442 g/mol. The van der Waals surface area contributed by atoms with Crippen molar-refractivity contribution in [3.05, 3.63) is 63.5 Å². The summed E-state index contributed by atoms with van der Waals surface area (Å²) >= 11 is 5.95. The van der Waals surface area contributed by atoms with Crippen LogP contribution in [0.1, 0.15) is 31.4 Å². The third-order valence-electron chi connectivity index (χ3n) is 5.85.